The summed E-state index contributed by atoms with van der Waals surface area (Å²) in [6.45, 7) is 6.26. The summed E-state index contributed by atoms with van der Waals surface area (Å²) in [6, 6.07) is 6.56. The Labute approximate surface area is 125 Å². The van der Waals surface area contributed by atoms with E-state index in [1.54, 1.807) is 6.07 Å². The summed E-state index contributed by atoms with van der Waals surface area (Å²) in [5.41, 5.74) is 7.15. The van der Waals surface area contributed by atoms with E-state index >= 15 is 0 Å². The second-order valence-electron chi connectivity index (χ2n) is 5.65. The maximum absolute atomic E-state index is 6.11. The van der Waals surface area contributed by atoms with Gasteiger partial charge in [-0.15, -0.1) is 0 Å². The summed E-state index contributed by atoms with van der Waals surface area (Å²) < 4.78 is 0. The highest BCUT2D eigenvalue weighted by molar-refractivity contribution is 6.34. The van der Waals surface area contributed by atoms with Gasteiger partial charge < -0.3 is 5.73 Å². The van der Waals surface area contributed by atoms with Gasteiger partial charge in [0.1, 0.15) is 0 Å². The molecule has 2 nitrogen and oxygen atoms in total. The SMILES string of the molecule is CC(C)C1CCCN1C(CN)c1cc(Cl)cc(Cl)c1. The van der Waals surface area contributed by atoms with Gasteiger partial charge in [-0.1, -0.05) is 37.0 Å². The normalized spacial score (nSPS) is 22.1. The molecule has 2 rings (SSSR count). The predicted molar refractivity (Wildman–Crippen MR) is 82.8 cm³/mol. The molecule has 2 unspecified atom stereocenters. The second kappa shape index (κ2) is 6.45. The van der Waals surface area contributed by atoms with Crippen LogP contribution in [0.2, 0.25) is 10.0 Å². The molecule has 1 aromatic rings. The van der Waals surface area contributed by atoms with Gasteiger partial charge in [0.25, 0.3) is 0 Å². The van der Waals surface area contributed by atoms with Gasteiger partial charge in [-0.25, -0.2) is 0 Å². The van der Waals surface area contributed by atoms with Crippen molar-refractivity contribution in [3.63, 3.8) is 0 Å². The number of nitrogens with two attached hydrogens (primary N) is 1. The molecule has 1 fully saturated rings. The lowest BCUT2D eigenvalue weighted by Crippen LogP contribution is -2.39. The first-order valence-corrected chi connectivity index (χ1v) is 7.70. The minimum Gasteiger partial charge on any atom is -0.329 e. The van der Waals surface area contributed by atoms with Crippen molar-refractivity contribution in [1.82, 2.24) is 4.90 Å². The highest BCUT2D eigenvalue weighted by Crippen LogP contribution is 2.34. The van der Waals surface area contributed by atoms with E-state index in [0.29, 0.717) is 28.5 Å². The van der Waals surface area contributed by atoms with E-state index in [4.69, 9.17) is 28.9 Å². The first-order valence-electron chi connectivity index (χ1n) is 6.94. The van der Waals surface area contributed by atoms with Gasteiger partial charge in [0.2, 0.25) is 0 Å². The third-order valence-corrected chi connectivity index (χ3v) is 4.44. The molecule has 1 aliphatic heterocycles. The van der Waals surface area contributed by atoms with Crippen LogP contribution in [0.3, 0.4) is 0 Å². The maximum atomic E-state index is 6.11. The Morgan fingerprint density at radius 1 is 1.26 bits per heavy atom. The average molecular weight is 301 g/mol. The first kappa shape index (κ1) is 15.1. The van der Waals surface area contributed by atoms with Gasteiger partial charge >= 0.3 is 0 Å². The highest BCUT2D eigenvalue weighted by Gasteiger charge is 2.32. The molecule has 1 heterocycles. The molecule has 0 aromatic heterocycles. The molecule has 4 heteroatoms. The van der Waals surface area contributed by atoms with Gasteiger partial charge in [-0.2, -0.15) is 0 Å². The summed E-state index contributed by atoms with van der Waals surface area (Å²) in [7, 11) is 0. The van der Waals surface area contributed by atoms with E-state index in [2.05, 4.69) is 18.7 Å². The summed E-state index contributed by atoms with van der Waals surface area (Å²) in [5, 5.41) is 1.36. The number of hydrogen-bond acceptors (Lipinski definition) is 2. The fourth-order valence-corrected chi connectivity index (χ4v) is 3.69. The van der Waals surface area contributed by atoms with Crippen LogP contribution in [-0.2, 0) is 0 Å². The second-order valence-corrected chi connectivity index (χ2v) is 6.52. The van der Waals surface area contributed by atoms with Gasteiger partial charge in [-0.05, 0) is 49.1 Å². The molecule has 106 valence electrons. The molecule has 2 N–H and O–H groups in total. The third-order valence-electron chi connectivity index (χ3n) is 4.00. The first-order chi connectivity index (χ1) is 9.02. The van der Waals surface area contributed by atoms with Crippen molar-refractivity contribution in [2.45, 2.75) is 38.8 Å². The van der Waals surface area contributed by atoms with E-state index in [-0.39, 0.29) is 6.04 Å². The number of rotatable bonds is 4. The summed E-state index contributed by atoms with van der Waals surface area (Å²) in [4.78, 5) is 2.52. The molecule has 0 spiro atoms. The standard InChI is InChI=1S/C15H22Cl2N2/c1-10(2)14-4-3-5-19(14)15(9-18)11-6-12(16)8-13(17)7-11/h6-8,10,14-15H,3-5,9,18H2,1-2H3. The van der Waals surface area contributed by atoms with Crippen LogP contribution >= 0.6 is 23.2 Å². The van der Waals surface area contributed by atoms with Crippen LogP contribution in [0.4, 0.5) is 0 Å². The molecule has 0 bridgehead atoms. The number of likely N-dealkylation sites (tertiary alicyclic amines) is 1. The molecule has 1 saturated heterocycles. The van der Waals surface area contributed by atoms with Crippen LogP contribution in [0.5, 0.6) is 0 Å². The average Bonchev–Trinajstić information content (AvgIpc) is 2.78. The van der Waals surface area contributed by atoms with Crippen LogP contribution in [0.1, 0.15) is 38.3 Å². The van der Waals surface area contributed by atoms with E-state index in [1.807, 2.05) is 12.1 Å². The largest absolute Gasteiger partial charge is 0.329 e. The van der Waals surface area contributed by atoms with E-state index in [1.165, 1.54) is 12.8 Å². The van der Waals surface area contributed by atoms with E-state index < -0.39 is 0 Å². The number of nitrogens with zero attached hydrogens (tertiary/aromatic N) is 1. The van der Waals surface area contributed by atoms with Crippen molar-refractivity contribution in [2.24, 2.45) is 11.7 Å². The zero-order valence-electron chi connectivity index (χ0n) is 11.6. The number of hydrogen-bond donors (Lipinski definition) is 1. The molecule has 0 radical (unpaired) electrons. The van der Waals surface area contributed by atoms with Crippen LogP contribution < -0.4 is 5.73 Å². The van der Waals surface area contributed by atoms with Crippen LogP contribution in [0.15, 0.2) is 18.2 Å². The summed E-state index contributed by atoms with van der Waals surface area (Å²) in [5.74, 6) is 0.645. The van der Waals surface area contributed by atoms with Crippen molar-refractivity contribution in [3.05, 3.63) is 33.8 Å². The minimum absolute atomic E-state index is 0.214. The van der Waals surface area contributed by atoms with Gasteiger partial charge in [0.05, 0.1) is 0 Å². The Bertz CT molecular complexity index is 414. The lowest BCUT2D eigenvalue weighted by Gasteiger charge is -2.35. The molecule has 0 aliphatic carbocycles. The lowest BCUT2D eigenvalue weighted by molar-refractivity contribution is 0.149. The molecule has 19 heavy (non-hydrogen) atoms. The Morgan fingerprint density at radius 3 is 2.42 bits per heavy atom. The lowest BCUT2D eigenvalue weighted by atomic mass is 9.98. The molecule has 2 atom stereocenters. The van der Waals surface area contributed by atoms with Crippen molar-refractivity contribution in [1.29, 1.82) is 0 Å². The van der Waals surface area contributed by atoms with Crippen molar-refractivity contribution < 1.29 is 0 Å². The molecule has 0 saturated carbocycles. The van der Waals surface area contributed by atoms with Crippen molar-refractivity contribution in [3.8, 4) is 0 Å². The topological polar surface area (TPSA) is 29.3 Å². The molecular formula is C15H22Cl2N2. The maximum Gasteiger partial charge on any atom is 0.0474 e. The Hall–Kier alpha value is -0.280. The van der Waals surface area contributed by atoms with Crippen LogP contribution in [-0.4, -0.2) is 24.0 Å². The van der Waals surface area contributed by atoms with Gasteiger partial charge in [0.15, 0.2) is 0 Å². The van der Waals surface area contributed by atoms with Crippen LogP contribution in [0.25, 0.3) is 0 Å². The van der Waals surface area contributed by atoms with Crippen molar-refractivity contribution >= 4 is 23.2 Å². The molecule has 0 amide bonds. The van der Waals surface area contributed by atoms with E-state index in [9.17, 15) is 0 Å². The van der Waals surface area contributed by atoms with Crippen molar-refractivity contribution in [2.75, 3.05) is 13.1 Å². The minimum atomic E-state index is 0.214. The number of benzene rings is 1. The van der Waals surface area contributed by atoms with Gasteiger partial charge in [-0.3, -0.25) is 4.90 Å². The molecule has 1 aliphatic rings. The number of halogens is 2. The zero-order valence-corrected chi connectivity index (χ0v) is 13.1. The van der Waals surface area contributed by atoms with Gasteiger partial charge in [0, 0.05) is 28.7 Å². The smallest absolute Gasteiger partial charge is 0.0474 e. The molecular weight excluding hydrogens is 279 g/mol. The Morgan fingerprint density at radius 2 is 1.89 bits per heavy atom. The fourth-order valence-electron chi connectivity index (χ4n) is 3.15. The summed E-state index contributed by atoms with van der Waals surface area (Å²) >= 11 is 12.2. The fraction of sp³-hybridized carbons (Fsp3) is 0.600. The Kier molecular flexibility index (Phi) is 5.13. The summed E-state index contributed by atoms with van der Waals surface area (Å²) in [6.07, 6.45) is 2.50. The molecule has 1 aromatic carbocycles. The Balaban J connectivity index is 2.28. The monoisotopic (exact) mass is 300 g/mol. The highest BCUT2D eigenvalue weighted by atomic mass is 35.5. The van der Waals surface area contributed by atoms with E-state index in [0.717, 1.165) is 12.1 Å². The predicted octanol–water partition coefficient (Wildman–Crippen LogP) is 4.11. The quantitative estimate of drug-likeness (QED) is 0.906. The third kappa shape index (κ3) is 3.43. The zero-order chi connectivity index (χ0) is 14.0. The van der Waals surface area contributed by atoms with Crippen LogP contribution in [0, 0.1) is 5.92 Å².